The molecule has 3 nitrogen and oxygen atoms in total. The van der Waals surface area contributed by atoms with E-state index in [4.69, 9.17) is 4.43 Å². The summed E-state index contributed by atoms with van der Waals surface area (Å²) in [6, 6.07) is 11.1. The molecule has 1 N–H and O–H groups in total. The zero-order chi connectivity index (χ0) is 25.4. The fourth-order valence-electron chi connectivity index (χ4n) is 7.99. The van der Waals surface area contributed by atoms with Crippen LogP contribution in [0.15, 0.2) is 35.7 Å². The fourth-order valence-corrected chi connectivity index (χ4v) is 9.62. The van der Waals surface area contributed by atoms with Crippen LogP contribution in [0.5, 0.6) is 5.75 Å². The Hall–Kier alpha value is -2.11. The monoisotopic (exact) mass is 518 g/mol. The summed E-state index contributed by atoms with van der Waals surface area (Å²) >= 11 is 1.49. The summed E-state index contributed by atoms with van der Waals surface area (Å²) in [5, 5.41) is 13.7. The van der Waals surface area contributed by atoms with E-state index in [1.165, 1.54) is 66.2 Å². The van der Waals surface area contributed by atoms with Gasteiger partial charge >= 0.3 is 5.97 Å². The van der Waals surface area contributed by atoms with Gasteiger partial charge in [-0.25, -0.2) is 4.79 Å². The normalized spacial score (nSPS) is 27.2. The Kier molecular flexibility index (Phi) is 5.69. The smallest absolute Gasteiger partial charge is 0.336 e. The van der Waals surface area contributed by atoms with Gasteiger partial charge in [0.25, 0.3) is 0 Å². The average Bonchev–Trinajstić information content (AvgIpc) is 3.27. The number of thiophene rings is 1. The van der Waals surface area contributed by atoms with Crippen LogP contribution in [-0.2, 0) is 10.8 Å². The van der Waals surface area contributed by atoms with Crippen molar-refractivity contribution >= 4 is 37.1 Å². The van der Waals surface area contributed by atoms with Crippen molar-refractivity contribution in [1.82, 2.24) is 0 Å². The number of carboxylic acids is 1. The predicted molar refractivity (Wildman–Crippen MR) is 152 cm³/mol. The van der Waals surface area contributed by atoms with E-state index in [1.807, 2.05) is 0 Å². The molecule has 0 amide bonds. The highest BCUT2D eigenvalue weighted by Crippen LogP contribution is 2.62. The van der Waals surface area contributed by atoms with Crippen molar-refractivity contribution in [3.63, 3.8) is 0 Å². The molecule has 0 unspecified atom stereocenters. The van der Waals surface area contributed by atoms with Crippen molar-refractivity contribution in [3.05, 3.63) is 52.4 Å². The highest BCUT2D eigenvalue weighted by Gasteiger charge is 2.52. The molecule has 0 aliphatic heterocycles. The number of hydrogen-bond donors (Lipinski definition) is 1. The molecular weight excluding hydrogens is 480 g/mol. The Morgan fingerprint density at radius 2 is 1.67 bits per heavy atom. The molecule has 0 atom stereocenters. The molecule has 1 aromatic heterocycles. The van der Waals surface area contributed by atoms with E-state index >= 15 is 0 Å². The molecule has 0 saturated heterocycles. The fraction of sp³-hybridized carbons (Fsp3) is 0.516. The molecule has 5 heteroatoms. The maximum Gasteiger partial charge on any atom is 0.336 e. The van der Waals surface area contributed by atoms with Crippen molar-refractivity contribution in [2.45, 2.75) is 83.2 Å². The number of carbonyl (C=O) groups is 1. The van der Waals surface area contributed by atoms with Gasteiger partial charge in [0.1, 0.15) is 5.75 Å². The maximum absolute atomic E-state index is 11.6. The van der Waals surface area contributed by atoms with Gasteiger partial charge in [-0.2, -0.15) is 0 Å². The second-order valence-corrected chi connectivity index (χ2v) is 16.4. The minimum absolute atomic E-state index is 0.0729. The van der Waals surface area contributed by atoms with E-state index in [9.17, 15) is 9.90 Å². The molecule has 190 valence electrons. The minimum atomic E-state index is -1.40. The Morgan fingerprint density at radius 1 is 1.03 bits per heavy atom. The molecule has 36 heavy (non-hydrogen) atoms. The van der Waals surface area contributed by atoms with Gasteiger partial charge in [-0.3, -0.25) is 0 Å². The third-order valence-electron chi connectivity index (χ3n) is 8.99. The summed E-state index contributed by atoms with van der Waals surface area (Å²) < 4.78 is 6.68. The molecule has 4 aliphatic rings. The van der Waals surface area contributed by atoms with Gasteiger partial charge in [-0.05, 0) is 115 Å². The van der Waals surface area contributed by atoms with Crippen LogP contribution in [0.25, 0.3) is 21.2 Å². The van der Waals surface area contributed by atoms with Gasteiger partial charge in [0.2, 0.25) is 9.04 Å². The standard InChI is InChI=1S/C31H38O3SSi/c1-30(2,3)25-11-21-6-7-23(27-12-22(17-35-27)29(32)33)28(34-36(4)5)24(21)13-26(25)31-14-18-8-19(15-31)10-20(9-18)16-31/h6-7,11-13,17-20,36H,8-10,14-16H2,1-5H3,(H,32,33). The molecule has 4 aliphatic carbocycles. The van der Waals surface area contributed by atoms with Crippen molar-refractivity contribution < 1.29 is 14.3 Å². The van der Waals surface area contributed by atoms with Gasteiger partial charge in [0, 0.05) is 21.2 Å². The number of aromatic carboxylic acids is 1. The summed E-state index contributed by atoms with van der Waals surface area (Å²) in [7, 11) is -1.40. The molecule has 2 aromatic carbocycles. The van der Waals surface area contributed by atoms with Crippen LogP contribution in [0.2, 0.25) is 13.1 Å². The zero-order valence-corrected chi connectivity index (χ0v) is 24.2. The first-order chi connectivity index (χ1) is 17.0. The third-order valence-corrected chi connectivity index (χ3v) is 10.7. The molecule has 4 bridgehead atoms. The molecule has 0 radical (unpaired) electrons. The number of benzene rings is 2. The summed E-state index contributed by atoms with van der Waals surface area (Å²) in [6.45, 7) is 11.5. The molecule has 1 heterocycles. The van der Waals surface area contributed by atoms with E-state index in [1.54, 1.807) is 17.0 Å². The van der Waals surface area contributed by atoms with E-state index in [0.717, 1.165) is 33.9 Å². The van der Waals surface area contributed by atoms with E-state index < -0.39 is 15.0 Å². The van der Waals surface area contributed by atoms with Crippen LogP contribution in [0.4, 0.5) is 0 Å². The lowest BCUT2D eigenvalue weighted by atomic mass is 9.47. The highest BCUT2D eigenvalue weighted by molar-refractivity contribution is 7.14. The third kappa shape index (κ3) is 4.03. The largest absolute Gasteiger partial charge is 0.546 e. The number of hydrogen-bond acceptors (Lipinski definition) is 3. The van der Waals surface area contributed by atoms with E-state index in [-0.39, 0.29) is 5.41 Å². The Morgan fingerprint density at radius 3 is 2.19 bits per heavy atom. The molecular formula is C31H38O3SSi. The topological polar surface area (TPSA) is 46.5 Å². The summed E-state index contributed by atoms with van der Waals surface area (Å²) in [6.07, 6.45) is 8.36. The van der Waals surface area contributed by atoms with Gasteiger partial charge in [-0.1, -0.05) is 32.9 Å². The molecule has 4 fully saturated rings. The van der Waals surface area contributed by atoms with Crippen LogP contribution < -0.4 is 4.43 Å². The van der Waals surface area contributed by atoms with Crippen LogP contribution in [0.3, 0.4) is 0 Å². The van der Waals surface area contributed by atoms with Crippen LogP contribution in [-0.4, -0.2) is 20.1 Å². The summed E-state index contributed by atoms with van der Waals surface area (Å²) in [4.78, 5) is 12.6. The van der Waals surface area contributed by atoms with Gasteiger partial charge in [0.15, 0.2) is 0 Å². The maximum atomic E-state index is 11.6. The van der Waals surface area contributed by atoms with Gasteiger partial charge in [0.05, 0.1) is 5.56 Å². The SMILES string of the molecule is C[SiH](C)Oc1c(-c2cc(C(=O)O)cs2)ccc2cc(C(C)(C)C)c(C34CC5CC(CC(C5)C3)C4)cc12. The first-order valence-electron chi connectivity index (χ1n) is 13.6. The highest BCUT2D eigenvalue weighted by atomic mass is 32.1. The van der Waals surface area contributed by atoms with Crippen LogP contribution in [0.1, 0.15) is 80.8 Å². The molecule has 4 saturated carbocycles. The number of carboxylic acid groups (broad SMARTS) is 1. The Balaban J connectivity index is 1.59. The molecule has 7 rings (SSSR count). The number of fused-ring (bicyclic) bond motifs is 1. The Labute approximate surface area is 220 Å². The Bertz CT molecular complexity index is 1310. The first kappa shape index (κ1) is 24.2. The van der Waals surface area contributed by atoms with Crippen LogP contribution >= 0.6 is 11.3 Å². The average molecular weight is 519 g/mol. The molecule has 0 spiro atoms. The quantitative estimate of drug-likeness (QED) is 0.345. The zero-order valence-electron chi connectivity index (χ0n) is 22.2. The van der Waals surface area contributed by atoms with Crippen molar-refractivity contribution in [1.29, 1.82) is 0 Å². The summed E-state index contributed by atoms with van der Waals surface area (Å²) in [5.74, 6) is 2.76. The van der Waals surface area contributed by atoms with E-state index in [0.29, 0.717) is 11.0 Å². The second-order valence-electron chi connectivity index (χ2n) is 13.2. The number of rotatable bonds is 5. The van der Waals surface area contributed by atoms with Crippen molar-refractivity contribution in [2.75, 3.05) is 0 Å². The lowest BCUT2D eigenvalue weighted by molar-refractivity contribution is -0.00586. The van der Waals surface area contributed by atoms with Gasteiger partial charge < -0.3 is 9.53 Å². The predicted octanol–water partition coefficient (Wildman–Crippen LogP) is 8.39. The lowest BCUT2D eigenvalue weighted by Crippen LogP contribution is -2.49. The minimum Gasteiger partial charge on any atom is -0.546 e. The lowest BCUT2D eigenvalue weighted by Gasteiger charge is -2.58. The van der Waals surface area contributed by atoms with E-state index in [2.05, 4.69) is 58.1 Å². The van der Waals surface area contributed by atoms with Crippen molar-refractivity contribution in [3.8, 4) is 16.2 Å². The van der Waals surface area contributed by atoms with Gasteiger partial charge in [-0.15, -0.1) is 11.3 Å². The van der Waals surface area contributed by atoms with Crippen molar-refractivity contribution in [2.24, 2.45) is 17.8 Å². The molecule has 3 aromatic rings. The summed E-state index contributed by atoms with van der Waals surface area (Å²) in [5.41, 5.74) is 4.83. The first-order valence-corrected chi connectivity index (χ1v) is 17.3. The van der Waals surface area contributed by atoms with Crippen LogP contribution in [0, 0.1) is 17.8 Å². The second kappa shape index (κ2) is 8.46.